The van der Waals surface area contributed by atoms with Gasteiger partial charge in [-0.3, -0.25) is 9.59 Å². The quantitative estimate of drug-likeness (QED) is 0.768. The Bertz CT molecular complexity index is 731. The minimum Gasteiger partial charge on any atom is -0.394 e. The van der Waals surface area contributed by atoms with Crippen LogP contribution in [-0.2, 0) is 20.7 Å². The molecule has 2 atom stereocenters. The number of amides is 2. The number of anilines is 1. The van der Waals surface area contributed by atoms with Gasteiger partial charge in [0.25, 0.3) is 0 Å². The van der Waals surface area contributed by atoms with Crippen molar-refractivity contribution in [1.29, 1.82) is 0 Å². The second-order valence-corrected chi connectivity index (χ2v) is 5.92. The normalized spacial score (nSPS) is 20.0. The molecular formula is C19H20N2O4. The molecule has 3 N–H and O–H groups in total. The number of morpholine rings is 1. The predicted octanol–water partition coefficient (Wildman–Crippen LogP) is 1.42. The monoisotopic (exact) mass is 340 g/mol. The van der Waals surface area contributed by atoms with Crippen molar-refractivity contribution in [2.45, 2.75) is 18.6 Å². The highest BCUT2D eigenvalue weighted by molar-refractivity contribution is 5.92. The zero-order chi connectivity index (χ0) is 17.6. The second kappa shape index (κ2) is 7.92. The van der Waals surface area contributed by atoms with Gasteiger partial charge in [0.1, 0.15) is 12.7 Å². The first kappa shape index (κ1) is 17.1. The van der Waals surface area contributed by atoms with Crippen LogP contribution in [0, 0.1) is 0 Å². The number of benzene rings is 2. The van der Waals surface area contributed by atoms with Gasteiger partial charge in [-0.05, 0) is 23.3 Å². The van der Waals surface area contributed by atoms with Crippen molar-refractivity contribution in [3.63, 3.8) is 0 Å². The molecule has 0 spiro atoms. The fourth-order valence-corrected chi connectivity index (χ4v) is 2.82. The standard InChI is InChI=1S/C19H20N2O4/c22-11-16-19(25-12-18(24)21-16)14-6-8-15(9-7-14)20-17(23)10-13-4-2-1-3-5-13/h1-9,16,19,22H,10-12H2,(H,20,23)(H,21,24)/t16-,19-/m1/s1. The molecule has 25 heavy (non-hydrogen) atoms. The Balaban J connectivity index is 1.62. The van der Waals surface area contributed by atoms with Gasteiger partial charge in [0.05, 0.1) is 19.1 Å². The molecule has 2 aromatic rings. The maximum atomic E-state index is 12.1. The number of hydrogen-bond donors (Lipinski definition) is 3. The van der Waals surface area contributed by atoms with Crippen molar-refractivity contribution in [3.8, 4) is 0 Å². The first-order valence-corrected chi connectivity index (χ1v) is 8.11. The summed E-state index contributed by atoms with van der Waals surface area (Å²) in [5.41, 5.74) is 2.47. The van der Waals surface area contributed by atoms with Crippen LogP contribution in [-0.4, -0.2) is 36.2 Å². The minimum atomic E-state index is -0.472. The molecule has 0 saturated carbocycles. The summed E-state index contributed by atoms with van der Waals surface area (Å²) in [6.07, 6.45) is -0.0933. The van der Waals surface area contributed by atoms with Crippen LogP contribution in [0.4, 0.5) is 5.69 Å². The molecule has 6 heteroatoms. The Morgan fingerprint density at radius 2 is 1.88 bits per heavy atom. The van der Waals surface area contributed by atoms with Crippen molar-refractivity contribution in [2.24, 2.45) is 0 Å². The van der Waals surface area contributed by atoms with Crippen LogP contribution >= 0.6 is 0 Å². The van der Waals surface area contributed by atoms with Crippen molar-refractivity contribution < 1.29 is 19.4 Å². The Kier molecular flexibility index (Phi) is 5.42. The molecule has 0 aromatic heterocycles. The lowest BCUT2D eigenvalue weighted by molar-refractivity contribution is -0.138. The predicted molar refractivity (Wildman–Crippen MR) is 92.9 cm³/mol. The summed E-state index contributed by atoms with van der Waals surface area (Å²) in [7, 11) is 0. The molecule has 1 aliphatic rings. The Morgan fingerprint density at radius 3 is 2.56 bits per heavy atom. The maximum Gasteiger partial charge on any atom is 0.246 e. The summed E-state index contributed by atoms with van der Waals surface area (Å²) in [6.45, 7) is -0.233. The topological polar surface area (TPSA) is 87.7 Å². The summed E-state index contributed by atoms with van der Waals surface area (Å²) < 4.78 is 5.52. The number of aliphatic hydroxyl groups is 1. The molecule has 0 unspecified atom stereocenters. The van der Waals surface area contributed by atoms with E-state index in [0.717, 1.165) is 11.1 Å². The summed E-state index contributed by atoms with van der Waals surface area (Å²) in [6, 6.07) is 16.3. The first-order valence-electron chi connectivity index (χ1n) is 8.11. The van der Waals surface area contributed by atoms with E-state index in [9.17, 15) is 14.7 Å². The smallest absolute Gasteiger partial charge is 0.246 e. The van der Waals surface area contributed by atoms with Gasteiger partial charge in [0.15, 0.2) is 0 Å². The van der Waals surface area contributed by atoms with E-state index in [-0.39, 0.29) is 25.0 Å². The number of hydrogen-bond acceptors (Lipinski definition) is 4. The van der Waals surface area contributed by atoms with E-state index >= 15 is 0 Å². The van der Waals surface area contributed by atoms with Crippen LogP contribution in [0.1, 0.15) is 17.2 Å². The number of rotatable bonds is 5. The Morgan fingerprint density at radius 1 is 1.16 bits per heavy atom. The van der Waals surface area contributed by atoms with Gasteiger partial charge in [-0.15, -0.1) is 0 Å². The van der Waals surface area contributed by atoms with Crippen LogP contribution in [0.3, 0.4) is 0 Å². The van der Waals surface area contributed by atoms with Gasteiger partial charge in [-0.25, -0.2) is 0 Å². The fraction of sp³-hybridized carbons (Fsp3) is 0.263. The molecule has 0 bridgehead atoms. The average Bonchev–Trinajstić information content (AvgIpc) is 2.63. The highest BCUT2D eigenvalue weighted by atomic mass is 16.5. The third-order valence-corrected chi connectivity index (χ3v) is 4.03. The Labute approximate surface area is 145 Å². The maximum absolute atomic E-state index is 12.1. The number of nitrogens with one attached hydrogen (secondary N) is 2. The molecule has 1 fully saturated rings. The number of ether oxygens (including phenoxy) is 1. The van der Waals surface area contributed by atoms with Crippen LogP contribution in [0.15, 0.2) is 54.6 Å². The van der Waals surface area contributed by atoms with E-state index in [1.807, 2.05) is 42.5 Å². The summed E-state index contributed by atoms with van der Waals surface area (Å²) >= 11 is 0. The summed E-state index contributed by atoms with van der Waals surface area (Å²) in [5.74, 6) is -0.326. The zero-order valence-electron chi connectivity index (χ0n) is 13.6. The minimum absolute atomic E-state index is 0.0310. The number of aliphatic hydroxyl groups excluding tert-OH is 1. The number of carbonyl (C=O) groups is 2. The van der Waals surface area contributed by atoms with Gasteiger partial charge in [-0.2, -0.15) is 0 Å². The van der Waals surface area contributed by atoms with Gasteiger partial charge in [0, 0.05) is 5.69 Å². The molecule has 2 amide bonds. The van der Waals surface area contributed by atoms with Crippen molar-refractivity contribution >= 4 is 17.5 Å². The van der Waals surface area contributed by atoms with Crippen molar-refractivity contribution in [2.75, 3.05) is 18.5 Å². The lowest BCUT2D eigenvalue weighted by atomic mass is 10.0. The lowest BCUT2D eigenvalue weighted by Gasteiger charge is -2.31. The molecule has 2 aromatic carbocycles. The van der Waals surface area contributed by atoms with E-state index in [0.29, 0.717) is 12.1 Å². The highest BCUT2D eigenvalue weighted by Crippen LogP contribution is 2.25. The largest absolute Gasteiger partial charge is 0.394 e. The van der Waals surface area contributed by atoms with Crippen LogP contribution in [0.25, 0.3) is 0 Å². The SMILES string of the molecule is O=C(Cc1ccccc1)Nc1ccc([C@H]2OCC(=O)N[C@@H]2CO)cc1. The average molecular weight is 340 g/mol. The van der Waals surface area contributed by atoms with E-state index < -0.39 is 12.1 Å². The number of carbonyl (C=O) groups excluding carboxylic acids is 2. The third kappa shape index (κ3) is 4.43. The molecule has 1 aliphatic heterocycles. The van der Waals surface area contributed by atoms with Gasteiger partial charge >= 0.3 is 0 Å². The molecule has 1 heterocycles. The zero-order valence-corrected chi connectivity index (χ0v) is 13.6. The van der Waals surface area contributed by atoms with Crippen LogP contribution in [0.2, 0.25) is 0 Å². The van der Waals surface area contributed by atoms with Crippen molar-refractivity contribution in [3.05, 3.63) is 65.7 Å². The van der Waals surface area contributed by atoms with Gasteiger partial charge < -0.3 is 20.5 Å². The van der Waals surface area contributed by atoms with E-state index in [1.165, 1.54) is 0 Å². The second-order valence-electron chi connectivity index (χ2n) is 5.92. The molecule has 3 rings (SSSR count). The molecule has 130 valence electrons. The van der Waals surface area contributed by atoms with Crippen LogP contribution in [0.5, 0.6) is 0 Å². The highest BCUT2D eigenvalue weighted by Gasteiger charge is 2.30. The van der Waals surface area contributed by atoms with Crippen LogP contribution < -0.4 is 10.6 Å². The molecule has 0 radical (unpaired) electrons. The lowest BCUT2D eigenvalue weighted by Crippen LogP contribution is -2.49. The third-order valence-electron chi connectivity index (χ3n) is 4.03. The fourth-order valence-electron chi connectivity index (χ4n) is 2.82. The molecule has 6 nitrogen and oxygen atoms in total. The molecule has 1 saturated heterocycles. The van der Waals surface area contributed by atoms with E-state index in [2.05, 4.69) is 10.6 Å². The molecular weight excluding hydrogens is 320 g/mol. The first-order chi connectivity index (χ1) is 12.2. The van der Waals surface area contributed by atoms with Crippen molar-refractivity contribution in [1.82, 2.24) is 5.32 Å². The Hall–Kier alpha value is -2.70. The summed E-state index contributed by atoms with van der Waals surface area (Å²) in [4.78, 5) is 23.4. The van der Waals surface area contributed by atoms with Gasteiger partial charge in [0.2, 0.25) is 11.8 Å². The van der Waals surface area contributed by atoms with E-state index in [1.54, 1.807) is 12.1 Å². The van der Waals surface area contributed by atoms with Gasteiger partial charge in [-0.1, -0.05) is 42.5 Å². The summed E-state index contributed by atoms with van der Waals surface area (Å²) in [5, 5.41) is 15.0. The molecule has 0 aliphatic carbocycles. The van der Waals surface area contributed by atoms with E-state index in [4.69, 9.17) is 4.74 Å².